The molecule has 5 nitrogen and oxygen atoms in total. The first-order chi connectivity index (χ1) is 18.7. The smallest absolute Gasteiger partial charge is 0.451 e. The Labute approximate surface area is 245 Å². The van der Waals surface area contributed by atoms with E-state index in [9.17, 15) is 26.4 Å². The SMILES string of the molecule is C=C(C)[C@@H]1CC[C@]2(C(=O)OP)CC[C@]3(C)[C@H](CC[C@@H]4[C@@]5(C)CC=C(OS(=O)(=O)C(F)(F)F)C(C)(C)[C@@H]5CC[C@]43C)[C@@H]12. The molecule has 10 atom stereocenters. The highest BCUT2D eigenvalue weighted by Crippen LogP contribution is 2.77. The number of hydrogen-bond acceptors (Lipinski definition) is 5. The monoisotopic (exact) mass is 618 g/mol. The molecular weight excluding hydrogens is 572 g/mol. The van der Waals surface area contributed by atoms with Crippen molar-refractivity contribution in [2.75, 3.05) is 0 Å². The van der Waals surface area contributed by atoms with Crippen LogP contribution >= 0.6 is 9.47 Å². The number of hydrogen-bond donors (Lipinski definition) is 0. The third-order valence-electron chi connectivity index (χ3n) is 13.6. The van der Waals surface area contributed by atoms with Crippen molar-refractivity contribution in [2.24, 2.45) is 56.7 Å². The van der Waals surface area contributed by atoms with E-state index in [1.54, 1.807) is 6.08 Å². The Balaban J connectivity index is 1.52. The first-order valence-electron chi connectivity index (χ1n) is 15.0. The molecule has 0 radical (unpaired) electrons. The minimum Gasteiger partial charge on any atom is -0.451 e. The van der Waals surface area contributed by atoms with E-state index in [1.165, 1.54) is 0 Å². The Hall–Kier alpha value is -1.08. The van der Waals surface area contributed by atoms with Gasteiger partial charge in [-0.2, -0.15) is 21.6 Å². The molecule has 0 aliphatic heterocycles. The van der Waals surface area contributed by atoms with E-state index < -0.39 is 26.5 Å². The van der Waals surface area contributed by atoms with Crippen LogP contribution in [0, 0.1) is 56.7 Å². The molecular formula is C31H46F3O5PS. The van der Waals surface area contributed by atoms with Gasteiger partial charge in [0.25, 0.3) is 0 Å². The predicted molar refractivity (Wildman–Crippen MR) is 154 cm³/mol. The first kappa shape index (κ1) is 31.3. The van der Waals surface area contributed by atoms with E-state index in [0.717, 1.165) is 56.9 Å². The minimum atomic E-state index is -5.74. The van der Waals surface area contributed by atoms with Crippen LogP contribution in [0.4, 0.5) is 13.2 Å². The number of alkyl halides is 3. The second kappa shape index (κ2) is 9.46. The first-order valence-corrected chi connectivity index (χ1v) is 16.9. The van der Waals surface area contributed by atoms with Gasteiger partial charge in [-0.05, 0) is 117 Å². The molecule has 41 heavy (non-hydrogen) atoms. The van der Waals surface area contributed by atoms with Crippen molar-refractivity contribution in [1.82, 2.24) is 0 Å². The van der Waals surface area contributed by atoms with E-state index >= 15 is 0 Å². The average Bonchev–Trinajstić information content (AvgIpc) is 3.26. The third kappa shape index (κ3) is 4.09. The Bertz CT molecular complexity index is 1280. The van der Waals surface area contributed by atoms with Crippen molar-refractivity contribution in [1.29, 1.82) is 0 Å². The van der Waals surface area contributed by atoms with Crippen molar-refractivity contribution in [2.45, 2.75) is 105 Å². The van der Waals surface area contributed by atoms with E-state index in [2.05, 4.69) is 43.7 Å². The summed E-state index contributed by atoms with van der Waals surface area (Å²) in [6.45, 7) is 17.2. The lowest BCUT2D eigenvalue weighted by Gasteiger charge is -2.72. The molecule has 1 unspecified atom stereocenters. The van der Waals surface area contributed by atoms with Crippen LogP contribution in [0.25, 0.3) is 0 Å². The number of fused-ring (bicyclic) bond motifs is 7. The van der Waals surface area contributed by atoms with Gasteiger partial charge in [-0.1, -0.05) is 46.8 Å². The average molecular weight is 619 g/mol. The zero-order chi connectivity index (χ0) is 30.6. The fraction of sp³-hybridized carbons (Fsp3) is 0.839. The van der Waals surface area contributed by atoms with E-state index in [4.69, 9.17) is 8.71 Å². The van der Waals surface area contributed by atoms with Crippen molar-refractivity contribution in [3.8, 4) is 0 Å². The molecule has 0 amide bonds. The Morgan fingerprint density at radius 3 is 2.22 bits per heavy atom. The van der Waals surface area contributed by atoms with Gasteiger partial charge in [0.2, 0.25) is 0 Å². The quantitative estimate of drug-likeness (QED) is 0.137. The normalized spacial score (nSPS) is 45.3. The van der Waals surface area contributed by atoms with Gasteiger partial charge in [-0.25, -0.2) is 0 Å². The van der Waals surface area contributed by atoms with Gasteiger partial charge in [-0.15, -0.1) is 0 Å². The molecule has 10 heteroatoms. The van der Waals surface area contributed by atoms with Crippen molar-refractivity contribution in [3.63, 3.8) is 0 Å². The van der Waals surface area contributed by atoms with Crippen molar-refractivity contribution >= 4 is 25.6 Å². The summed E-state index contributed by atoms with van der Waals surface area (Å²) < 4.78 is 73.7. The highest BCUT2D eigenvalue weighted by molar-refractivity contribution is 7.87. The molecule has 0 spiro atoms. The third-order valence-corrected chi connectivity index (χ3v) is 14.7. The van der Waals surface area contributed by atoms with Crippen LogP contribution in [0.5, 0.6) is 0 Å². The summed E-state index contributed by atoms with van der Waals surface area (Å²) in [6, 6.07) is 0. The lowest BCUT2D eigenvalue weighted by molar-refractivity contribution is -0.230. The summed E-state index contributed by atoms with van der Waals surface area (Å²) in [5, 5.41) is 0. The maximum atomic E-state index is 13.4. The molecule has 5 aliphatic rings. The Morgan fingerprint density at radius 1 is 0.976 bits per heavy atom. The predicted octanol–water partition coefficient (Wildman–Crippen LogP) is 8.34. The molecule has 0 aromatic heterocycles. The van der Waals surface area contributed by atoms with Gasteiger partial charge >= 0.3 is 21.6 Å². The summed E-state index contributed by atoms with van der Waals surface area (Å²) in [5.41, 5.74) is -5.97. The van der Waals surface area contributed by atoms with Crippen LogP contribution in [0.15, 0.2) is 24.0 Å². The van der Waals surface area contributed by atoms with Crippen LogP contribution in [0.2, 0.25) is 0 Å². The van der Waals surface area contributed by atoms with Gasteiger partial charge in [-0.3, -0.25) is 4.79 Å². The summed E-state index contributed by atoms with van der Waals surface area (Å²) in [6.07, 6.45) is 9.24. The fourth-order valence-corrected chi connectivity index (χ4v) is 12.4. The van der Waals surface area contributed by atoms with Gasteiger partial charge in [0.05, 0.1) is 14.9 Å². The molecule has 0 bridgehead atoms. The molecule has 232 valence electrons. The van der Waals surface area contributed by atoms with Crippen LogP contribution in [0.1, 0.15) is 99.3 Å². The maximum Gasteiger partial charge on any atom is 0.534 e. The topological polar surface area (TPSA) is 69.7 Å². The summed E-state index contributed by atoms with van der Waals surface area (Å²) in [7, 11) is -3.56. The summed E-state index contributed by atoms with van der Waals surface area (Å²) in [5.74, 6) is 0.886. The molecule has 4 fully saturated rings. The second-order valence-corrected chi connectivity index (χ2v) is 17.0. The standard InChI is InChI=1S/C31H46F3O5PS/c1-18(2)19-10-15-30(25(35)38-40)17-16-28(6)20(24(19)30)8-9-22-27(5)13-12-23(39-41(36,37)31(32,33)34)26(3,4)21(27)11-14-29(22,28)7/h12,19-22,24H,1,8-11,13-17,40H2,2-7H3/t19-,20+,21-,22+,24+,27-,28+,29+,30-/m0/s1. The molecule has 5 rings (SSSR count). The Kier molecular flexibility index (Phi) is 7.23. The number of allylic oxidation sites excluding steroid dienone is 3. The number of rotatable bonds is 4. The zero-order valence-electron chi connectivity index (χ0n) is 25.2. The molecule has 0 aromatic carbocycles. The van der Waals surface area contributed by atoms with Gasteiger partial charge < -0.3 is 8.71 Å². The van der Waals surface area contributed by atoms with E-state index in [0.29, 0.717) is 18.3 Å². The molecule has 5 aliphatic carbocycles. The molecule has 0 heterocycles. The van der Waals surface area contributed by atoms with Crippen LogP contribution in [-0.4, -0.2) is 19.9 Å². The van der Waals surface area contributed by atoms with E-state index in [1.807, 2.05) is 13.8 Å². The van der Waals surface area contributed by atoms with Crippen LogP contribution < -0.4 is 0 Å². The minimum absolute atomic E-state index is 0.0263. The lowest BCUT2D eigenvalue weighted by atomic mass is 9.32. The molecule has 0 N–H and O–H groups in total. The maximum absolute atomic E-state index is 13.4. The molecule has 4 saturated carbocycles. The van der Waals surface area contributed by atoms with Crippen LogP contribution in [-0.2, 0) is 23.6 Å². The van der Waals surface area contributed by atoms with Gasteiger partial charge in [0.1, 0.15) is 5.76 Å². The summed E-state index contributed by atoms with van der Waals surface area (Å²) >= 11 is 0. The van der Waals surface area contributed by atoms with Crippen LogP contribution in [0.3, 0.4) is 0 Å². The summed E-state index contributed by atoms with van der Waals surface area (Å²) in [4.78, 5) is 13.4. The molecule has 0 aromatic rings. The fourth-order valence-electron chi connectivity index (χ4n) is 11.5. The highest BCUT2D eigenvalue weighted by Gasteiger charge is 2.72. The largest absolute Gasteiger partial charge is 0.534 e. The Morgan fingerprint density at radius 2 is 1.63 bits per heavy atom. The van der Waals surface area contributed by atoms with Crippen molar-refractivity contribution in [3.05, 3.63) is 24.0 Å². The lowest BCUT2D eigenvalue weighted by Crippen LogP contribution is -2.66. The van der Waals surface area contributed by atoms with E-state index in [-0.39, 0.29) is 45.7 Å². The highest BCUT2D eigenvalue weighted by atomic mass is 32.2. The zero-order valence-corrected chi connectivity index (χ0v) is 27.2. The number of halogens is 3. The number of carbonyl (C=O) groups excluding carboxylic acids is 1. The second-order valence-electron chi connectivity index (χ2n) is 15.2. The van der Waals surface area contributed by atoms with Crippen molar-refractivity contribution < 1.29 is 35.1 Å². The number of carbonyl (C=O) groups is 1. The van der Waals surface area contributed by atoms with Gasteiger partial charge in [0, 0.05) is 5.41 Å². The van der Waals surface area contributed by atoms with Gasteiger partial charge in [0.15, 0.2) is 0 Å². The molecule has 0 saturated heterocycles.